The van der Waals surface area contributed by atoms with Crippen LogP contribution in [0, 0.1) is 19.8 Å². The molecule has 1 N–H and O–H groups in total. The largest absolute Gasteiger partial charge is 0.344 e. The van der Waals surface area contributed by atoms with Gasteiger partial charge in [-0.15, -0.1) is 0 Å². The summed E-state index contributed by atoms with van der Waals surface area (Å²) in [6.45, 7) is 4.60. The Hall–Kier alpha value is -2.56. The molecule has 4 nitrogen and oxygen atoms in total. The molecule has 0 radical (unpaired) electrons. The third-order valence-electron chi connectivity index (χ3n) is 4.91. The van der Waals surface area contributed by atoms with E-state index in [4.69, 9.17) is 0 Å². The van der Waals surface area contributed by atoms with Crippen LogP contribution in [0.4, 0.5) is 5.69 Å². The topological polar surface area (TPSA) is 49.4 Å². The van der Waals surface area contributed by atoms with E-state index in [9.17, 15) is 9.59 Å². The summed E-state index contributed by atoms with van der Waals surface area (Å²) in [5.41, 5.74) is 5.08. The highest BCUT2D eigenvalue weighted by Crippen LogP contribution is 2.34. The first kappa shape index (κ1) is 17.3. The van der Waals surface area contributed by atoms with Crippen molar-refractivity contribution in [2.24, 2.45) is 5.92 Å². The van der Waals surface area contributed by atoms with Gasteiger partial charge in [-0.25, -0.2) is 0 Å². The van der Waals surface area contributed by atoms with Gasteiger partial charge in [0.15, 0.2) is 0 Å². The maximum absolute atomic E-state index is 12.9. The number of likely N-dealkylation sites (tertiary alicyclic amines) is 1. The van der Waals surface area contributed by atoms with Crippen LogP contribution in [0.1, 0.15) is 22.6 Å². The third kappa shape index (κ3) is 3.45. The molecule has 1 saturated heterocycles. The van der Waals surface area contributed by atoms with Crippen molar-refractivity contribution in [2.75, 3.05) is 18.9 Å². The summed E-state index contributed by atoms with van der Waals surface area (Å²) in [5.74, 6) is -1.16. The van der Waals surface area contributed by atoms with Crippen LogP contribution in [0.5, 0.6) is 0 Å². The summed E-state index contributed by atoms with van der Waals surface area (Å²) in [7, 11) is 3.72. The summed E-state index contributed by atoms with van der Waals surface area (Å²) in [6.07, 6.45) is 0. The van der Waals surface area contributed by atoms with Gasteiger partial charge in [0.2, 0.25) is 11.8 Å². The van der Waals surface area contributed by atoms with Gasteiger partial charge in [0.25, 0.3) is 0 Å². The molecule has 2 atom stereocenters. The molecule has 2 aromatic rings. The van der Waals surface area contributed by atoms with Crippen LogP contribution in [0.25, 0.3) is 0 Å². The molecule has 5 heteroatoms. The van der Waals surface area contributed by atoms with Gasteiger partial charge in [-0.1, -0.05) is 53.0 Å². The normalized spacial score (nSPS) is 20.0. The van der Waals surface area contributed by atoms with E-state index in [2.05, 4.69) is 11.4 Å². The van der Waals surface area contributed by atoms with Gasteiger partial charge in [0.1, 0.15) is 13.8 Å². The van der Waals surface area contributed by atoms with Gasteiger partial charge in [-0.2, -0.15) is 0 Å². The molecule has 2 amide bonds. The molecule has 1 fully saturated rings. The number of carbonyl (C=O) groups is 2. The summed E-state index contributed by atoms with van der Waals surface area (Å²) >= 11 is 0. The first-order valence-electron chi connectivity index (χ1n) is 8.56. The number of aryl methyl sites for hydroxylation is 2. The van der Waals surface area contributed by atoms with E-state index in [0.29, 0.717) is 6.54 Å². The summed E-state index contributed by atoms with van der Waals surface area (Å²) < 4.78 is 0. The van der Waals surface area contributed by atoms with Crippen LogP contribution in [-0.2, 0) is 9.59 Å². The van der Waals surface area contributed by atoms with Crippen molar-refractivity contribution in [2.45, 2.75) is 19.8 Å². The lowest BCUT2D eigenvalue weighted by molar-refractivity contribution is -0.135. The fraction of sp³-hybridized carbons (Fsp3) is 0.300. The minimum Gasteiger partial charge on any atom is -0.344 e. The number of hydrogen-bond acceptors (Lipinski definition) is 2. The molecule has 0 saturated carbocycles. The fourth-order valence-corrected chi connectivity index (χ4v) is 3.56. The second-order valence-corrected chi connectivity index (χ2v) is 7.02. The lowest BCUT2D eigenvalue weighted by Crippen LogP contribution is -2.34. The average molecular weight is 334 g/mol. The fourth-order valence-electron chi connectivity index (χ4n) is 3.56. The van der Waals surface area contributed by atoms with Crippen LogP contribution >= 0.6 is 0 Å². The van der Waals surface area contributed by atoms with Crippen LogP contribution in [0.2, 0.25) is 0 Å². The van der Waals surface area contributed by atoms with Gasteiger partial charge in [0.05, 0.1) is 0 Å². The minimum atomic E-state index is -0.687. The van der Waals surface area contributed by atoms with E-state index in [1.165, 1.54) is 0 Å². The second kappa shape index (κ2) is 6.75. The van der Waals surface area contributed by atoms with Crippen molar-refractivity contribution in [3.63, 3.8) is 0 Å². The predicted octanol–water partition coefficient (Wildman–Crippen LogP) is 1.37. The van der Waals surface area contributed by atoms with Crippen molar-refractivity contribution >= 4 is 30.8 Å². The molecule has 1 aliphatic heterocycles. The molecule has 1 aliphatic rings. The van der Waals surface area contributed by atoms with Crippen molar-refractivity contribution in [3.05, 3.63) is 59.2 Å². The minimum absolute atomic E-state index is 0.117. The molecule has 2 unspecified atom stereocenters. The predicted molar refractivity (Wildman–Crippen MR) is 103 cm³/mol. The van der Waals surface area contributed by atoms with Crippen molar-refractivity contribution in [1.82, 2.24) is 4.90 Å². The number of benzene rings is 2. The molecule has 128 valence electrons. The lowest BCUT2D eigenvalue weighted by atomic mass is 9.86. The number of rotatable bonds is 3. The zero-order valence-electron chi connectivity index (χ0n) is 15.2. The van der Waals surface area contributed by atoms with Gasteiger partial charge in [-0.3, -0.25) is 9.59 Å². The number of amides is 2. The molecular weight excluding hydrogens is 311 g/mol. The van der Waals surface area contributed by atoms with E-state index in [1.54, 1.807) is 11.9 Å². The SMILES string of the molecule is Bc1cc(C)ccc1NC(=O)C1C(=O)N(C)CC1c1cccc(C)c1. The zero-order chi connectivity index (χ0) is 18.1. The second-order valence-electron chi connectivity index (χ2n) is 7.02. The number of nitrogens with one attached hydrogen (secondary N) is 1. The van der Waals surface area contributed by atoms with E-state index >= 15 is 0 Å². The number of hydrogen-bond donors (Lipinski definition) is 1. The number of anilines is 1. The molecule has 0 bridgehead atoms. The van der Waals surface area contributed by atoms with E-state index in [1.807, 2.05) is 58.1 Å². The number of carbonyl (C=O) groups excluding carboxylic acids is 2. The molecule has 0 spiro atoms. The van der Waals surface area contributed by atoms with Crippen LogP contribution in [0.3, 0.4) is 0 Å². The van der Waals surface area contributed by atoms with Crippen LogP contribution < -0.4 is 10.8 Å². The Balaban J connectivity index is 1.89. The van der Waals surface area contributed by atoms with Crippen molar-refractivity contribution < 1.29 is 9.59 Å². The first-order valence-corrected chi connectivity index (χ1v) is 8.56. The zero-order valence-corrected chi connectivity index (χ0v) is 15.2. The lowest BCUT2D eigenvalue weighted by Gasteiger charge is -2.18. The molecule has 1 heterocycles. The third-order valence-corrected chi connectivity index (χ3v) is 4.91. The van der Waals surface area contributed by atoms with Gasteiger partial charge >= 0.3 is 0 Å². The highest BCUT2D eigenvalue weighted by Gasteiger charge is 2.44. The summed E-state index contributed by atoms with van der Waals surface area (Å²) in [5, 5.41) is 2.96. The molecule has 0 aliphatic carbocycles. The highest BCUT2D eigenvalue weighted by molar-refractivity contribution is 6.36. The highest BCUT2D eigenvalue weighted by atomic mass is 16.2. The van der Waals surface area contributed by atoms with E-state index in [0.717, 1.165) is 27.8 Å². The summed E-state index contributed by atoms with van der Waals surface area (Å²) in [6, 6.07) is 13.9. The van der Waals surface area contributed by atoms with E-state index < -0.39 is 5.92 Å². The maximum Gasteiger partial charge on any atom is 0.237 e. The number of likely N-dealkylation sites (N-methyl/N-ethyl adjacent to an activating group) is 1. The smallest absolute Gasteiger partial charge is 0.237 e. The van der Waals surface area contributed by atoms with Crippen LogP contribution in [0.15, 0.2) is 42.5 Å². The molecule has 3 rings (SSSR count). The molecule has 2 aromatic carbocycles. The Morgan fingerprint density at radius 2 is 1.88 bits per heavy atom. The monoisotopic (exact) mass is 334 g/mol. The summed E-state index contributed by atoms with van der Waals surface area (Å²) in [4.78, 5) is 27.2. The Morgan fingerprint density at radius 1 is 1.16 bits per heavy atom. The van der Waals surface area contributed by atoms with Gasteiger partial charge < -0.3 is 10.2 Å². The van der Waals surface area contributed by atoms with Gasteiger partial charge in [-0.05, 0) is 25.5 Å². The van der Waals surface area contributed by atoms with Crippen LogP contribution in [-0.4, -0.2) is 38.2 Å². The van der Waals surface area contributed by atoms with Crippen molar-refractivity contribution in [3.8, 4) is 0 Å². The Morgan fingerprint density at radius 3 is 2.56 bits per heavy atom. The van der Waals surface area contributed by atoms with Gasteiger partial charge in [0, 0.05) is 25.2 Å². The number of nitrogens with zero attached hydrogens (tertiary/aromatic N) is 1. The standard InChI is InChI=1S/C20H23BN2O2/c1-12-5-4-6-14(9-12)15-11-23(3)20(25)18(15)19(24)22-17-8-7-13(2)10-16(17)21/h4-10,15,18H,11,21H2,1-3H3,(H,22,24). The molecule has 0 aromatic heterocycles. The quantitative estimate of drug-likeness (QED) is 0.681. The van der Waals surface area contributed by atoms with Crippen molar-refractivity contribution in [1.29, 1.82) is 0 Å². The first-order chi connectivity index (χ1) is 11.9. The Kier molecular flexibility index (Phi) is 4.66. The molecular formula is C20H23BN2O2. The average Bonchev–Trinajstić information content (AvgIpc) is 2.86. The molecule has 25 heavy (non-hydrogen) atoms. The Labute approximate surface area is 149 Å². The maximum atomic E-state index is 12.9. The van der Waals surface area contributed by atoms with E-state index in [-0.39, 0.29) is 17.7 Å². The Bertz CT molecular complexity index is 834.